The first-order valence-corrected chi connectivity index (χ1v) is 6.71. The smallest absolute Gasteiger partial charge is 0.0988 e. The second kappa shape index (κ2) is 3.30. The van der Waals surface area contributed by atoms with Crippen molar-refractivity contribution < 1.29 is 5.11 Å². The Bertz CT molecular complexity index is 513. The lowest BCUT2D eigenvalue weighted by atomic mass is 9.79. The molecule has 1 aliphatic carbocycles. The van der Waals surface area contributed by atoms with Crippen molar-refractivity contribution in [3.8, 4) is 0 Å². The molecular formula is C12H11BrOS. The normalized spacial score (nSPS) is 19.1. The Morgan fingerprint density at radius 2 is 2.13 bits per heavy atom. The van der Waals surface area contributed by atoms with Crippen molar-refractivity contribution in [2.24, 2.45) is 0 Å². The second-order valence-corrected chi connectivity index (χ2v) is 6.09. The Labute approximate surface area is 101 Å². The van der Waals surface area contributed by atoms with E-state index in [4.69, 9.17) is 0 Å². The zero-order valence-corrected chi connectivity index (χ0v) is 10.6. The number of hydrogen-bond acceptors (Lipinski definition) is 2. The van der Waals surface area contributed by atoms with Crippen LogP contribution in [0, 0.1) is 0 Å². The molecular weight excluding hydrogens is 272 g/mol. The first-order chi connectivity index (χ1) is 7.19. The molecule has 1 aliphatic rings. The fraction of sp³-hybridized carbons (Fsp3) is 0.333. The van der Waals surface area contributed by atoms with Gasteiger partial charge in [0, 0.05) is 19.4 Å². The summed E-state index contributed by atoms with van der Waals surface area (Å²) in [6.45, 7) is 0. The van der Waals surface area contributed by atoms with Crippen LogP contribution in [0.25, 0.3) is 10.1 Å². The van der Waals surface area contributed by atoms with Gasteiger partial charge in [-0.3, -0.25) is 0 Å². The van der Waals surface area contributed by atoms with Crippen molar-refractivity contribution >= 4 is 37.4 Å². The molecule has 3 rings (SSSR count). The molecule has 1 fully saturated rings. The average Bonchev–Trinajstić information content (AvgIpc) is 2.59. The molecule has 1 saturated carbocycles. The van der Waals surface area contributed by atoms with Gasteiger partial charge in [0.2, 0.25) is 0 Å². The minimum atomic E-state index is -0.525. The van der Waals surface area contributed by atoms with E-state index in [1.165, 1.54) is 10.1 Å². The van der Waals surface area contributed by atoms with Crippen molar-refractivity contribution in [3.05, 3.63) is 33.6 Å². The van der Waals surface area contributed by atoms with Gasteiger partial charge in [0.1, 0.15) is 0 Å². The van der Waals surface area contributed by atoms with Crippen molar-refractivity contribution in [1.82, 2.24) is 0 Å². The van der Waals surface area contributed by atoms with E-state index in [9.17, 15) is 5.11 Å². The van der Waals surface area contributed by atoms with Crippen LogP contribution in [0.3, 0.4) is 0 Å². The number of rotatable bonds is 1. The molecule has 0 unspecified atom stereocenters. The van der Waals surface area contributed by atoms with Crippen molar-refractivity contribution in [2.45, 2.75) is 24.9 Å². The van der Waals surface area contributed by atoms with Crippen LogP contribution < -0.4 is 0 Å². The van der Waals surface area contributed by atoms with E-state index in [0.717, 1.165) is 28.6 Å². The number of thiophene rings is 1. The van der Waals surface area contributed by atoms with Gasteiger partial charge in [-0.25, -0.2) is 0 Å². The summed E-state index contributed by atoms with van der Waals surface area (Å²) in [4.78, 5) is 1.12. The standard InChI is InChI=1S/C12H11BrOS/c13-9-3-1-4-10-8(9)7-11(15-10)12(14)5-2-6-12/h1,3-4,7,14H,2,5-6H2. The van der Waals surface area contributed by atoms with Crippen LogP contribution >= 0.6 is 27.3 Å². The van der Waals surface area contributed by atoms with E-state index >= 15 is 0 Å². The van der Waals surface area contributed by atoms with Crippen LogP contribution in [-0.2, 0) is 5.60 Å². The van der Waals surface area contributed by atoms with E-state index < -0.39 is 5.60 Å². The third-order valence-electron chi connectivity index (χ3n) is 3.15. The quantitative estimate of drug-likeness (QED) is 0.837. The summed E-state index contributed by atoms with van der Waals surface area (Å²) in [5.41, 5.74) is -0.525. The maximum Gasteiger partial charge on any atom is 0.0988 e. The summed E-state index contributed by atoms with van der Waals surface area (Å²) < 4.78 is 2.37. The van der Waals surface area contributed by atoms with Crippen LogP contribution in [-0.4, -0.2) is 5.11 Å². The van der Waals surface area contributed by atoms with Gasteiger partial charge in [-0.2, -0.15) is 0 Å². The molecule has 78 valence electrons. The number of aliphatic hydroxyl groups is 1. The molecule has 2 aromatic rings. The zero-order chi connectivity index (χ0) is 10.5. The summed E-state index contributed by atoms with van der Waals surface area (Å²) in [6, 6.07) is 8.32. The second-order valence-electron chi connectivity index (χ2n) is 4.15. The molecule has 0 bridgehead atoms. The van der Waals surface area contributed by atoms with E-state index in [1.807, 2.05) is 12.1 Å². The number of halogens is 1. The lowest BCUT2D eigenvalue weighted by Gasteiger charge is -2.35. The molecule has 1 nitrogen and oxygen atoms in total. The highest BCUT2D eigenvalue weighted by Gasteiger charge is 2.37. The van der Waals surface area contributed by atoms with Gasteiger partial charge in [0.15, 0.2) is 0 Å². The summed E-state index contributed by atoms with van der Waals surface area (Å²) in [5.74, 6) is 0. The predicted molar refractivity (Wildman–Crippen MR) is 67.3 cm³/mol. The fourth-order valence-electron chi connectivity index (χ4n) is 2.01. The highest BCUT2D eigenvalue weighted by atomic mass is 79.9. The third kappa shape index (κ3) is 1.45. The van der Waals surface area contributed by atoms with Gasteiger partial charge in [-0.05, 0) is 37.5 Å². The van der Waals surface area contributed by atoms with Crippen LogP contribution in [0.5, 0.6) is 0 Å². The lowest BCUT2D eigenvalue weighted by molar-refractivity contribution is -0.0353. The highest BCUT2D eigenvalue weighted by Crippen LogP contribution is 2.46. The first kappa shape index (κ1) is 9.82. The molecule has 15 heavy (non-hydrogen) atoms. The molecule has 1 heterocycles. The Morgan fingerprint density at radius 3 is 2.73 bits per heavy atom. The van der Waals surface area contributed by atoms with Gasteiger partial charge in [0.05, 0.1) is 5.60 Å². The number of hydrogen-bond donors (Lipinski definition) is 1. The van der Waals surface area contributed by atoms with Crippen molar-refractivity contribution in [3.63, 3.8) is 0 Å². The highest BCUT2D eigenvalue weighted by molar-refractivity contribution is 9.10. The third-order valence-corrected chi connectivity index (χ3v) is 5.13. The number of benzene rings is 1. The SMILES string of the molecule is OC1(c2cc3c(Br)cccc3s2)CCC1. The molecule has 1 aromatic carbocycles. The summed E-state index contributed by atoms with van der Waals surface area (Å²) in [7, 11) is 0. The van der Waals surface area contributed by atoms with E-state index in [0.29, 0.717) is 0 Å². The molecule has 1 N–H and O–H groups in total. The Hall–Kier alpha value is -0.380. The largest absolute Gasteiger partial charge is 0.384 e. The minimum Gasteiger partial charge on any atom is -0.384 e. The lowest BCUT2D eigenvalue weighted by Crippen LogP contribution is -2.32. The molecule has 0 atom stereocenters. The van der Waals surface area contributed by atoms with E-state index in [-0.39, 0.29) is 0 Å². The molecule has 0 saturated heterocycles. The van der Waals surface area contributed by atoms with Gasteiger partial charge in [-0.1, -0.05) is 22.0 Å². The Balaban J connectivity index is 2.18. The minimum absolute atomic E-state index is 0.525. The molecule has 0 amide bonds. The molecule has 0 aliphatic heterocycles. The van der Waals surface area contributed by atoms with Gasteiger partial charge in [-0.15, -0.1) is 11.3 Å². The van der Waals surface area contributed by atoms with Crippen LogP contribution in [0.1, 0.15) is 24.1 Å². The zero-order valence-electron chi connectivity index (χ0n) is 8.16. The molecule has 0 radical (unpaired) electrons. The van der Waals surface area contributed by atoms with E-state index in [2.05, 4.69) is 28.1 Å². The van der Waals surface area contributed by atoms with Crippen molar-refractivity contribution in [2.75, 3.05) is 0 Å². The Kier molecular flexibility index (Phi) is 2.16. The van der Waals surface area contributed by atoms with Crippen molar-refractivity contribution in [1.29, 1.82) is 0 Å². The molecule has 3 heteroatoms. The average molecular weight is 283 g/mol. The van der Waals surface area contributed by atoms with Gasteiger partial charge in [0.25, 0.3) is 0 Å². The number of fused-ring (bicyclic) bond motifs is 1. The van der Waals surface area contributed by atoms with Crippen LogP contribution in [0.4, 0.5) is 0 Å². The van der Waals surface area contributed by atoms with Gasteiger partial charge < -0.3 is 5.11 Å². The van der Waals surface area contributed by atoms with Gasteiger partial charge >= 0.3 is 0 Å². The Morgan fingerprint density at radius 1 is 1.33 bits per heavy atom. The maximum absolute atomic E-state index is 10.3. The first-order valence-electron chi connectivity index (χ1n) is 5.10. The van der Waals surface area contributed by atoms with E-state index in [1.54, 1.807) is 11.3 Å². The summed E-state index contributed by atoms with van der Waals surface area (Å²) in [6.07, 6.45) is 2.97. The summed E-state index contributed by atoms with van der Waals surface area (Å²) >= 11 is 5.26. The molecule has 1 aromatic heterocycles. The topological polar surface area (TPSA) is 20.2 Å². The van der Waals surface area contributed by atoms with Crippen LogP contribution in [0.2, 0.25) is 0 Å². The summed E-state index contributed by atoms with van der Waals surface area (Å²) in [5, 5.41) is 11.5. The predicted octanol–water partition coefficient (Wildman–Crippen LogP) is 4.04. The maximum atomic E-state index is 10.3. The monoisotopic (exact) mass is 282 g/mol. The fourth-order valence-corrected chi connectivity index (χ4v) is 3.86. The molecule has 0 spiro atoms. The van der Waals surface area contributed by atoms with Crippen LogP contribution in [0.15, 0.2) is 28.7 Å².